The molecule has 146 valence electrons. The summed E-state index contributed by atoms with van der Waals surface area (Å²) in [7, 11) is -3.82. The highest BCUT2D eigenvalue weighted by Gasteiger charge is 2.31. The molecule has 0 aliphatic carbocycles. The molecule has 1 atom stereocenters. The van der Waals surface area contributed by atoms with E-state index in [0.717, 1.165) is 11.1 Å². The zero-order valence-electron chi connectivity index (χ0n) is 14.9. The molecule has 2 heterocycles. The number of thiocarbonyl (C=S) groups is 1. The fourth-order valence-corrected chi connectivity index (χ4v) is 4.10. The second-order valence-corrected chi connectivity index (χ2v) is 8.29. The average Bonchev–Trinajstić information content (AvgIpc) is 2.72. The van der Waals surface area contributed by atoms with E-state index in [1.54, 1.807) is 42.0 Å². The Balaban J connectivity index is 1.95. The SMILES string of the molecule is NS(=O)(=O)c1ccc(C2=C(c3cccnc3)C(C=S)c3cc(F)ccc3O2)cc1. The molecule has 0 saturated heterocycles. The lowest BCUT2D eigenvalue weighted by molar-refractivity contribution is 0.496. The molecule has 1 aliphatic rings. The Kier molecular flexibility index (Phi) is 4.99. The second-order valence-electron chi connectivity index (χ2n) is 6.45. The molecule has 4 rings (SSSR count). The molecular weight excluding hydrogens is 411 g/mol. The quantitative estimate of drug-likeness (QED) is 0.640. The summed E-state index contributed by atoms with van der Waals surface area (Å²) in [5.41, 5.74) is 2.73. The lowest BCUT2D eigenvalue weighted by Gasteiger charge is -2.29. The topological polar surface area (TPSA) is 82.3 Å². The van der Waals surface area contributed by atoms with Crippen LogP contribution in [-0.2, 0) is 10.0 Å². The number of nitrogens with zero attached hydrogens (tertiary/aromatic N) is 1. The van der Waals surface area contributed by atoms with Gasteiger partial charge in [-0.1, -0.05) is 18.3 Å². The van der Waals surface area contributed by atoms with Gasteiger partial charge in [-0.15, -0.1) is 0 Å². The van der Waals surface area contributed by atoms with Gasteiger partial charge in [-0.2, -0.15) is 0 Å². The van der Waals surface area contributed by atoms with Gasteiger partial charge in [-0.25, -0.2) is 17.9 Å². The van der Waals surface area contributed by atoms with Crippen LogP contribution in [0.5, 0.6) is 5.75 Å². The minimum Gasteiger partial charge on any atom is -0.456 e. The molecule has 2 N–H and O–H groups in total. The highest BCUT2D eigenvalue weighted by atomic mass is 32.2. The summed E-state index contributed by atoms with van der Waals surface area (Å²) in [6, 6.07) is 14.0. The predicted molar refractivity (Wildman–Crippen MR) is 112 cm³/mol. The second kappa shape index (κ2) is 7.47. The third-order valence-electron chi connectivity index (χ3n) is 4.63. The van der Waals surface area contributed by atoms with E-state index in [0.29, 0.717) is 22.6 Å². The van der Waals surface area contributed by atoms with Gasteiger partial charge in [-0.3, -0.25) is 4.98 Å². The summed E-state index contributed by atoms with van der Waals surface area (Å²) >= 11 is 5.29. The van der Waals surface area contributed by atoms with E-state index in [4.69, 9.17) is 22.1 Å². The smallest absolute Gasteiger partial charge is 0.238 e. The molecule has 1 unspecified atom stereocenters. The number of hydrogen-bond acceptors (Lipinski definition) is 5. The van der Waals surface area contributed by atoms with Crippen LogP contribution in [0, 0.1) is 5.82 Å². The van der Waals surface area contributed by atoms with E-state index in [1.165, 1.54) is 24.3 Å². The molecule has 5 nitrogen and oxygen atoms in total. The molecule has 0 bridgehead atoms. The minimum absolute atomic E-state index is 0.00515. The first kappa shape index (κ1) is 19.4. The maximum absolute atomic E-state index is 13.9. The van der Waals surface area contributed by atoms with Crippen LogP contribution < -0.4 is 9.88 Å². The summed E-state index contributed by atoms with van der Waals surface area (Å²) in [6.07, 6.45) is 3.32. The fourth-order valence-electron chi connectivity index (χ4n) is 3.30. The van der Waals surface area contributed by atoms with Gasteiger partial charge in [-0.05, 0) is 53.9 Å². The molecule has 0 fully saturated rings. The fraction of sp³-hybridized carbons (Fsp3) is 0.0476. The Morgan fingerprint density at radius 2 is 1.86 bits per heavy atom. The van der Waals surface area contributed by atoms with E-state index in [1.807, 2.05) is 6.07 Å². The average molecular weight is 426 g/mol. The van der Waals surface area contributed by atoms with Crippen molar-refractivity contribution in [3.05, 3.63) is 89.5 Å². The molecule has 1 aromatic heterocycles. The van der Waals surface area contributed by atoms with Crippen molar-refractivity contribution in [2.24, 2.45) is 5.14 Å². The first-order valence-electron chi connectivity index (χ1n) is 8.59. The number of fused-ring (bicyclic) bond motifs is 1. The van der Waals surface area contributed by atoms with E-state index < -0.39 is 15.9 Å². The number of rotatable bonds is 4. The van der Waals surface area contributed by atoms with Crippen LogP contribution in [0.15, 0.2) is 71.9 Å². The third kappa shape index (κ3) is 3.69. The van der Waals surface area contributed by atoms with Crippen molar-refractivity contribution in [3.8, 4) is 5.75 Å². The van der Waals surface area contributed by atoms with Gasteiger partial charge >= 0.3 is 0 Å². The molecular formula is C21H15FN2O3S2. The predicted octanol–water partition coefficient (Wildman–Crippen LogP) is 3.91. The van der Waals surface area contributed by atoms with Crippen molar-refractivity contribution in [3.63, 3.8) is 0 Å². The maximum Gasteiger partial charge on any atom is 0.238 e. The number of hydrogen-bond donors (Lipinski definition) is 1. The Morgan fingerprint density at radius 3 is 2.48 bits per heavy atom. The van der Waals surface area contributed by atoms with Crippen molar-refractivity contribution in [2.45, 2.75) is 10.8 Å². The third-order valence-corrected chi connectivity index (χ3v) is 5.83. The van der Waals surface area contributed by atoms with E-state index >= 15 is 0 Å². The van der Waals surface area contributed by atoms with Gasteiger partial charge in [0.15, 0.2) is 0 Å². The van der Waals surface area contributed by atoms with Crippen LogP contribution in [0.3, 0.4) is 0 Å². The van der Waals surface area contributed by atoms with E-state index in [9.17, 15) is 12.8 Å². The summed E-state index contributed by atoms with van der Waals surface area (Å²) in [4.78, 5) is 4.16. The zero-order chi connectivity index (χ0) is 20.6. The van der Waals surface area contributed by atoms with E-state index in [-0.39, 0.29) is 10.7 Å². The van der Waals surface area contributed by atoms with Crippen molar-refractivity contribution >= 4 is 38.9 Å². The van der Waals surface area contributed by atoms with Gasteiger partial charge in [0, 0.05) is 40.6 Å². The molecule has 0 radical (unpaired) electrons. The van der Waals surface area contributed by atoms with Crippen molar-refractivity contribution in [2.75, 3.05) is 0 Å². The number of halogens is 1. The van der Waals surface area contributed by atoms with Crippen molar-refractivity contribution < 1.29 is 17.5 Å². The normalized spacial score (nSPS) is 16.1. The highest BCUT2D eigenvalue weighted by Crippen LogP contribution is 2.46. The summed E-state index contributed by atoms with van der Waals surface area (Å²) in [5.74, 6) is 0.169. The van der Waals surface area contributed by atoms with Crippen molar-refractivity contribution in [1.82, 2.24) is 4.98 Å². The van der Waals surface area contributed by atoms with Crippen LogP contribution in [0.25, 0.3) is 11.3 Å². The number of aromatic nitrogens is 1. The van der Waals surface area contributed by atoms with Gasteiger partial charge in [0.2, 0.25) is 10.0 Å². The number of sulfonamides is 1. The van der Waals surface area contributed by atoms with Gasteiger partial charge in [0.05, 0.1) is 4.90 Å². The highest BCUT2D eigenvalue weighted by molar-refractivity contribution is 7.89. The number of benzene rings is 2. The molecule has 0 spiro atoms. The molecule has 1 aliphatic heterocycles. The van der Waals surface area contributed by atoms with E-state index in [2.05, 4.69) is 4.98 Å². The number of allylic oxidation sites excluding steroid dienone is 1. The molecule has 8 heteroatoms. The number of primary sulfonamides is 1. The van der Waals surface area contributed by atoms with Crippen LogP contribution in [-0.4, -0.2) is 18.8 Å². The van der Waals surface area contributed by atoms with Crippen LogP contribution >= 0.6 is 12.2 Å². The Morgan fingerprint density at radius 1 is 1.10 bits per heavy atom. The summed E-state index contributed by atoms with van der Waals surface area (Å²) in [5, 5.41) is 6.75. The van der Waals surface area contributed by atoms with Crippen LogP contribution in [0.4, 0.5) is 4.39 Å². The molecule has 2 aromatic carbocycles. The monoisotopic (exact) mass is 426 g/mol. The summed E-state index contributed by atoms with van der Waals surface area (Å²) in [6.45, 7) is 0. The van der Waals surface area contributed by atoms with Gasteiger partial charge < -0.3 is 4.74 Å². The largest absolute Gasteiger partial charge is 0.456 e. The van der Waals surface area contributed by atoms with Gasteiger partial charge in [0.25, 0.3) is 0 Å². The number of pyridine rings is 1. The number of ether oxygens (including phenoxy) is 1. The standard InChI is InChI=1S/C21H15FN2O3S2/c22-15-5-8-19-17(10-15)18(12-28)20(14-2-1-9-24-11-14)21(27-19)13-3-6-16(7-4-13)29(23,25)26/h1-12,18H,(H2,23,25,26). The van der Waals surface area contributed by atoms with Gasteiger partial charge in [0.1, 0.15) is 17.3 Å². The zero-order valence-corrected chi connectivity index (χ0v) is 16.6. The molecule has 0 amide bonds. The Bertz CT molecular complexity index is 1220. The first-order chi connectivity index (χ1) is 13.9. The summed E-state index contributed by atoms with van der Waals surface area (Å²) < 4.78 is 43.2. The minimum atomic E-state index is -3.82. The van der Waals surface area contributed by atoms with Crippen LogP contribution in [0.1, 0.15) is 22.6 Å². The molecule has 3 aromatic rings. The lowest BCUT2D eigenvalue weighted by atomic mass is 9.84. The molecule has 0 saturated carbocycles. The maximum atomic E-state index is 13.9. The first-order valence-corrected chi connectivity index (χ1v) is 10.6. The number of nitrogens with two attached hydrogens (primary N) is 1. The lowest BCUT2D eigenvalue weighted by Crippen LogP contribution is -2.16. The molecule has 29 heavy (non-hydrogen) atoms. The Labute approximate surface area is 172 Å². The van der Waals surface area contributed by atoms with Crippen molar-refractivity contribution in [1.29, 1.82) is 0 Å². The Hall–Kier alpha value is -2.94. The van der Waals surface area contributed by atoms with Crippen LogP contribution in [0.2, 0.25) is 0 Å².